The molecule has 0 bridgehead atoms. The molecular formula is C26H29N3O4S. The molecule has 0 radical (unpaired) electrons. The number of nitrogens with zero attached hydrogens (tertiary/aromatic N) is 1. The molecule has 2 fully saturated rings. The van der Waals surface area contributed by atoms with Crippen molar-refractivity contribution in [3.63, 3.8) is 0 Å². The first-order valence-corrected chi connectivity index (χ1v) is 12.8. The topological polar surface area (TPSA) is 89.5 Å². The van der Waals surface area contributed by atoms with Gasteiger partial charge in [0, 0.05) is 44.1 Å². The minimum Gasteiger partial charge on any atom is -0.381 e. The van der Waals surface area contributed by atoms with Crippen molar-refractivity contribution in [1.29, 1.82) is 0 Å². The van der Waals surface area contributed by atoms with Gasteiger partial charge in [-0.2, -0.15) is 0 Å². The number of rotatable bonds is 6. The molecule has 178 valence electrons. The predicted molar refractivity (Wildman–Crippen MR) is 131 cm³/mol. The van der Waals surface area contributed by atoms with Crippen molar-refractivity contribution in [3.8, 4) is 0 Å². The summed E-state index contributed by atoms with van der Waals surface area (Å²) >= 11 is 1.63. The highest BCUT2D eigenvalue weighted by molar-refractivity contribution is 7.17. The Morgan fingerprint density at radius 1 is 0.882 bits per heavy atom. The Bertz CT molecular complexity index is 1150. The average molecular weight is 480 g/mol. The molecule has 2 saturated heterocycles. The summed E-state index contributed by atoms with van der Waals surface area (Å²) in [4.78, 5) is 30.1. The van der Waals surface area contributed by atoms with Gasteiger partial charge in [0.15, 0.2) is 0 Å². The number of aromatic nitrogens is 1. The molecule has 2 aliphatic rings. The summed E-state index contributed by atoms with van der Waals surface area (Å²) in [6, 6.07) is 11.9. The number of amides is 2. The third-order valence-electron chi connectivity index (χ3n) is 6.44. The number of ether oxygens (including phenoxy) is 2. The molecule has 0 atom stereocenters. The van der Waals surface area contributed by atoms with Crippen LogP contribution in [0.1, 0.15) is 57.7 Å². The SMILES string of the molecule is O=C(NC1CCOCC1)c1ccc(Cc2cc(C(=O)NC3CCOCC3)nc3ccsc23)cc1. The zero-order valence-electron chi connectivity index (χ0n) is 19.0. The van der Waals surface area contributed by atoms with Crippen LogP contribution in [0.15, 0.2) is 41.8 Å². The van der Waals surface area contributed by atoms with Gasteiger partial charge in [-0.3, -0.25) is 9.59 Å². The third kappa shape index (κ3) is 5.46. The van der Waals surface area contributed by atoms with Crippen molar-refractivity contribution in [2.45, 2.75) is 44.2 Å². The molecule has 2 amide bonds. The minimum absolute atomic E-state index is 0.0462. The van der Waals surface area contributed by atoms with Gasteiger partial charge in [-0.25, -0.2) is 4.98 Å². The molecule has 0 aliphatic carbocycles. The van der Waals surface area contributed by atoms with Crippen LogP contribution in [0.3, 0.4) is 0 Å². The quantitative estimate of drug-likeness (QED) is 0.563. The average Bonchev–Trinajstić information content (AvgIpc) is 3.35. The van der Waals surface area contributed by atoms with Crippen molar-refractivity contribution in [2.75, 3.05) is 26.4 Å². The van der Waals surface area contributed by atoms with Crippen molar-refractivity contribution >= 4 is 33.4 Å². The van der Waals surface area contributed by atoms with E-state index < -0.39 is 0 Å². The summed E-state index contributed by atoms with van der Waals surface area (Å²) < 4.78 is 11.8. The Kier molecular flexibility index (Phi) is 7.18. The van der Waals surface area contributed by atoms with Crippen molar-refractivity contribution in [3.05, 3.63) is 64.2 Å². The second-order valence-corrected chi connectivity index (χ2v) is 9.81. The van der Waals surface area contributed by atoms with Gasteiger partial charge in [0.25, 0.3) is 11.8 Å². The van der Waals surface area contributed by atoms with Crippen LogP contribution in [0.5, 0.6) is 0 Å². The van der Waals surface area contributed by atoms with Gasteiger partial charge < -0.3 is 20.1 Å². The number of thiophene rings is 1. The number of benzene rings is 1. The molecule has 4 heterocycles. The molecule has 5 rings (SSSR count). The number of hydrogen-bond donors (Lipinski definition) is 2. The maximum absolute atomic E-state index is 12.9. The summed E-state index contributed by atoms with van der Waals surface area (Å²) in [7, 11) is 0. The molecule has 0 unspecified atom stereocenters. The molecule has 2 aliphatic heterocycles. The van der Waals surface area contributed by atoms with Crippen LogP contribution >= 0.6 is 11.3 Å². The van der Waals surface area contributed by atoms with E-state index in [2.05, 4.69) is 15.6 Å². The highest BCUT2D eigenvalue weighted by Crippen LogP contribution is 2.27. The second-order valence-electron chi connectivity index (χ2n) is 8.90. The first-order chi connectivity index (χ1) is 16.7. The second kappa shape index (κ2) is 10.6. The molecular weight excluding hydrogens is 450 g/mol. The van der Waals surface area contributed by atoms with E-state index in [1.54, 1.807) is 11.3 Å². The molecule has 8 heteroatoms. The Balaban J connectivity index is 1.29. The van der Waals surface area contributed by atoms with Crippen molar-refractivity contribution in [1.82, 2.24) is 15.6 Å². The van der Waals surface area contributed by atoms with Crippen LogP contribution in [0.4, 0.5) is 0 Å². The van der Waals surface area contributed by atoms with Crippen LogP contribution in [0.2, 0.25) is 0 Å². The lowest BCUT2D eigenvalue weighted by molar-refractivity contribution is 0.0688. The molecule has 7 nitrogen and oxygen atoms in total. The summed E-state index contributed by atoms with van der Waals surface area (Å²) in [5.41, 5.74) is 4.09. The zero-order valence-corrected chi connectivity index (χ0v) is 19.9. The molecule has 0 spiro atoms. The van der Waals surface area contributed by atoms with Gasteiger partial charge in [0.1, 0.15) is 5.69 Å². The monoisotopic (exact) mass is 479 g/mol. The van der Waals surface area contributed by atoms with Crippen molar-refractivity contribution < 1.29 is 19.1 Å². The molecule has 2 aromatic heterocycles. The largest absolute Gasteiger partial charge is 0.381 e. The number of nitrogens with one attached hydrogen (secondary N) is 2. The molecule has 3 aromatic rings. The Hall–Kier alpha value is -2.81. The van der Waals surface area contributed by atoms with Gasteiger partial charge in [0.05, 0.1) is 10.2 Å². The van der Waals surface area contributed by atoms with E-state index in [1.807, 2.05) is 41.8 Å². The summed E-state index contributed by atoms with van der Waals surface area (Å²) in [5, 5.41) is 8.21. The number of carbonyl (C=O) groups is 2. The molecule has 2 N–H and O–H groups in total. The van der Waals surface area contributed by atoms with E-state index in [0.29, 0.717) is 44.1 Å². The van der Waals surface area contributed by atoms with Crippen LogP contribution in [0, 0.1) is 0 Å². The maximum atomic E-state index is 12.9. The highest BCUT2D eigenvalue weighted by Gasteiger charge is 2.20. The fourth-order valence-corrected chi connectivity index (χ4v) is 5.33. The lowest BCUT2D eigenvalue weighted by Gasteiger charge is -2.23. The number of hydrogen-bond acceptors (Lipinski definition) is 6. The highest BCUT2D eigenvalue weighted by atomic mass is 32.1. The maximum Gasteiger partial charge on any atom is 0.270 e. The molecule has 1 aromatic carbocycles. The van der Waals surface area contributed by atoms with Gasteiger partial charge in [-0.1, -0.05) is 12.1 Å². The van der Waals surface area contributed by atoms with E-state index in [9.17, 15) is 9.59 Å². The summed E-state index contributed by atoms with van der Waals surface area (Å²) in [6.45, 7) is 2.75. The van der Waals surface area contributed by atoms with Gasteiger partial charge in [-0.15, -0.1) is 11.3 Å². The summed E-state index contributed by atoms with van der Waals surface area (Å²) in [6.07, 6.45) is 4.03. The lowest BCUT2D eigenvalue weighted by atomic mass is 10.0. The van der Waals surface area contributed by atoms with Gasteiger partial charge >= 0.3 is 0 Å². The smallest absolute Gasteiger partial charge is 0.270 e. The Morgan fingerprint density at radius 3 is 2.15 bits per heavy atom. The van der Waals surface area contributed by atoms with Crippen molar-refractivity contribution in [2.24, 2.45) is 0 Å². The fraction of sp³-hybridized carbons (Fsp3) is 0.423. The van der Waals surface area contributed by atoms with Crippen LogP contribution in [-0.2, 0) is 15.9 Å². The normalized spacial score (nSPS) is 17.5. The van der Waals surface area contributed by atoms with Gasteiger partial charge in [-0.05, 0) is 72.9 Å². The Labute approximate surface area is 202 Å². The van der Waals surface area contributed by atoms with E-state index in [-0.39, 0.29) is 23.9 Å². The van der Waals surface area contributed by atoms with E-state index in [0.717, 1.165) is 47.0 Å². The first kappa shape index (κ1) is 23.0. The predicted octanol–water partition coefficient (Wildman–Crippen LogP) is 3.70. The summed E-state index contributed by atoms with van der Waals surface area (Å²) in [5.74, 6) is -0.184. The first-order valence-electron chi connectivity index (χ1n) is 11.9. The van der Waals surface area contributed by atoms with E-state index in [4.69, 9.17) is 9.47 Å². The Morgan fingerprint density at radius 2 is 1.50 bits per heavy atom. The zero-order chi connectivity index (χ0) is 23.3. The van der Waals surface area contributed by atoms with Gasteiger partial charge in [0.2, 0.25) is 0 Å². The standard InChI is InChI=1S/C26H29N3O4S/c30-25(27-20-5-10-32-11-6-20)18-3-1-17(2-4-18)15-19-16-23(29-22-9-14-34-24(19)22)26(31)28-21-7-12-33-13-8-21/h1-4,9,14,16,20-21H,5-8,10-13,15H2,(H,27,30)(H,28,31). The molecule has 34 heavy (non-hydrogen) atoms. The van der Waals surface area contributed by atoms with Crippen LogP contribution in [0.25, 0.3) is 10.2 Å². The third-order valence-corrected chi connectivity index (χ3v) is 7.42. The van der Waals surface area contributed by atoms with Crippen LogP contribution in [-0.4, -0.2) is 55.3 Å². The van der Waals surface area contributed by atoms with E-state index >= 15 is 0 Å². The number of pyridine rings is 1. The molecule has 0 saturated carbocycles. The fourth-order valence-electron chi connectivity index (χ4n) is 4.48. The van der Waals surface area contributed by atoms with Crippen LogP contribution < -0.4 is 10.6 Å². The number of fused-ring (bicyclic) bond motifs is 1. The number of carbonyl (C=O) groups excluding carboxylic acids is 2. The lowest BCUT2D eigenvalue weighted by Crippen LogP contribution is -2.39. The van der Waals surface area contributed by atoms with E-state index in [1.165, 1.54) is 0 Å². The minimum atomic E-state index is -0.138.